The lowest BCUT2D eigenvalue weighted by Gasteiger charge is -2.09. The molecule has 0 saturated heterocycles. The number of benzene rings is 1. The van der Waals surface area contributed by atoms with E-state index in [0.29, 0.717) is 13.2 Å². The molecule has 19 heavy (non-hydrogen) atoms. The summed E-state index contributed by atoms with van der Waals surface area (Å²) in [5, 5.41) is 9.49. The number of carbonyl (C=O) groups excluding carboxylic acids is 1. The molecule has 2 aromatic rings. The second kappa shape index (κ2) is 5.96. The fourth-order valence-corrected chi connectivity index (χ4v) is 1.64. The zero-order chi connectivity index (χ0) is 13.7. The summed E-state index contributed by atoms with van der Waals surface area (Å²) in [7, 11) is 1.62. The molecule has 0 unspecified atom stereocenters. The molecular weight excluding hydrogens is 248 g/mol. The van der Waals surface area contributed by atoms with Gasteiger partial charge in [-0.25, -0.2) is 4.63 Å². The molecule has 0 aliphatic heterocycles. The number of aromatic nitrogens is 2. The van der Waals surface area contributed by atoms with Crippen LogP contribution < -0.4 is 11.1 Å². The van der Waals surface area contributed by atoms with E-state index in [1.165, 1.54) is 0 Å². The van der Waals surface area contributed by atoms with Gasteiger partial charge in [0.1, 0.15) is 0 Å². The Balaban J connectivity index is 2.03. The van der Waals surface area contributed by atoms with Crippen molar-refractivity contribution in [2.75, 3.05) is 12.8 Å². The molecule has 7 heteroatoms. The highest BCUT2D eigenvalue weighted by Crippen LogP contribution is 2.10. The second-order valence-corrected chi connectivity index (χ2v) is 3.88. The molecule has 0 bridgehead atoms. The van der Waals surface area contributed by atoms with Crippen LogP contribution in [0, 0.1) is 0 Å². The number of nitrogens with one attached hydrogen (secondary N) is 1. The van der Waals surface area contributed by atoms with Crippen molar-refractivity contribution in [1.29, 1.82) is 0 Å². The highest BCUT2D eigenvalue weighted by molar-refractivity contribution is 5.95. The topological polar surface area (TPSA) is 103 Å². The molecule has 0 aliphatic carbocycles. The van der Waals surface area contributed by atoms with Crippen molar-refractivity contribution in [3.05, 3.63) is 41.1 Å². The molecule has 3 N–H and O–H groups in total. The molecule has 0 atom stereocenters. The molecule has 1 heterocycles. The Labute approximate surface area is 109 Å². The van der Waals surface area contributed by atoms with Gasteiger partial charge < -0.3 is 15.8 Å². The van der Waals surface area contributed by atoms with E-state index < -0.39 is 5.91 Å². The zero-order valence-corrected chi connectivity index (χ0v) is 10.4. The van der Waals surface area contributed by atoms with Crippen LogP contribution in [0.1, 0.15) is 21.6 Å². The maximum Gasteiger partial charge on any atom is 0.277 e. The summed E-state index contributed by atoms with van der Waals surface area (Å²) in [5.41, 5.74) is 7.41. The summed E-state index contributed by atoms with van der Waals surface area (Å²) in [4.78, 5) is 11.8. The molecule has 0 saturated carbocycles. The summed E-state index contributed by atoms with van der Waals surface area (Å²) in [5.74, 6) is -0.450. The third-order valence-electron chi connectivity index (χ3n) is 2.59. The predicted octanol–water partition coefficient (Wildman–Crippen LogP) is 0.728. The van der Waals surface area contributed by atoms with Crippen LogP contribution in [0.15, 0.2) is 28.9 Å². The number of rotatable bonds is 5. The first-order chi connectivity index (χ1) is 9.22. The molecule has 7 nitrogen and oxygen atoms in total. The zero-order valence-electron chi connectivity index (χ0n) is 10.4. The Morgan fingerprint density at radius 2 is 2.11 bits per heavy atom. The van der Waals surface area contributed by atoms with E-state index in [1.54, 1.807) is 7.11 Å². The Morgan fingerprint density at radius 1 is 1.37 bits per heavy atom. The lowest BCUT2D eigenvalue weighted by molar-refractivity contribution is 0.0941. The summed E-state index contributed by atoms with van der Waals surface area (Å²) < 4.78 is 9.47. The van der Waals surface area contributed by atoms with Crippen LogP contribution in [0.3, 0.4) is 0 Å². The molecule has 1 aromatic carbocycles. The van der Waals surface area contributed by atoms with E-state index in [4.69, 9.17) is 10.5 Å². The van der Waals surface area contributed by atoms with E-state index >= 15 is 0 Å². The Hall–Kier alpha value is -2.41. The summed E-state index contributed by atoms with van der Waals surface area (Å²) >= 11 is 0. The van der Waals surface area contributed by atoms with Crippen molar-refractivity contribution in [2.24, 2.45) is 0 Å². The summed E-state index contributed by atoms with van der Waals surface area (Å²) in [6.07, 6.45) is 0. The minimum absolute atomic E-state index is 0.00998. The maximum atomic E-state index is 11.8. The van der Waals surface area contributed by atoms with E-state index in [-0.39, 0.29) is 11.5 Å². The molecule has 2 rings (SSSR count). The number of anilines is 1. The van der Waals surface area contributed by atoms with E-state index in [1.807, 2.05) is 24.3 Å². The molecule has 0 fully saturated rings. The van der Waals surface area contributed by atoms with Gasteiger partial charge in [-0.15, -0.1) is 0 Å². The fraction of sp³-hybridized carbons (Fsp3) is 0.250. The van der Waals surface area contributed by atoms with Crippen LogP contribution in [0.4, 0.5) is 5.82 Å². The Bertz CT molecular complexity index is 568. The predicted molar refractivity (Wildman–Crippen MR) is 67.0 cm³/mol. The Morgan fingerprint density at radius 3 is 2.74 bits per heavy atom. The lowest BCUT2D eigenvalue weighted by Crippen LogP contribution is -2.24. The van der Waals surface area contributed by atoms with Crippen molar-refractivity contribution in [3.8, 4) is 0 Å². The van der Waals surface area contributed by atoms with Crippen LogP contribution in [-0.4, -0.2) is 23.3 Å². The largest absolute Gasteiger partial charge is 0.380 e. The van der Waals surface area contributed by atoms with Crippen molar-refractivity contribution in [3.63, 3.8) is 0 Å². The normalized spacial score (nSPS) is 10.4. The first kappa shape index (κ1) is 13.0. The van der Waals surface area contributed by atoms with Gasteiger partial charge in [0.25, 0.3) is 5.91 Å². The van der Waals surface area contributed by atoms with Gasteiger partial charge in [0, 0.05) is 13.7 Å². The third-order valence-corrected chi connectivity index (χ3v) is 2.59. The van der Waals surface area contributed by atoms with Crippen LogP contribution in [0.25, 0.3) is 0 Å². The number of hydrogen-bond donors (Lipinski definition) is 2. The van der Waals surface area contributed by atoms with E-state index in [0.717, 1.165) is 11.1 Å². The van der Waals surface area contributed by atoms with Crippen LogP contribution in [0.5, 0.6) is 0 Å². The SMILES string of the molecule is COCc1ccccc1CNC(=O)c1nonc1N. The van der Waals surface area contributed by atoms with Crippen molar-refractivity contribution >= 4 is 11.7 Å². The fourth-order valence-electron chi connectivity index (χ4n) is 1.64. The quantitative estimate of drug-likeness (QED) is 0.823. The van der Waals surface area contributed by atoms with Crippen molar-refractivity contribution < 1.29 is 14.2 Å². The highest BCUT2D eigenvalue weighted by Gasteiger charge is 2.15. The molecule has 1 aromatic heterocycles. The van der Waals surface area contributed by atoms with E-state index in [9.17, 15) is 4.79 Å². The summed E-state index contributed by atoms with van der Waals surface area (Å²) in [6.45, 7) is 0.838. The smallest absolute Gasteiger partial charge is 0.277 e. The standard InChI is InChI=1S/C12H14N4O3/c1-18-7-9-5-3-2-4-8(9)6-14-12(17)10-11(13)16-19-15-10/h2-5H,6-7H2,1H3,(H2,13,16)(H,14,17). The van der Waals surface area contributed by atoms with Crippen LogP contribution >= 0.6 is 0 Å². The molecular formula is C12H14N4O3. The monoisotopic (exact) mass is 262 g/mol. The number of ether oxygens (including phenoxy) is 1. The van der Waals surface area contributed by atoms with Crippen molar-refractivity contribution in [1.82, 2.24) is 15.6 Å². The average Bonchev–Trinajstić information content (AvgIpc) is 2.84. The van der Waals surface area contributed by atoms with Crippen LogP contribution in [0.2, 0.25) is 0 Å². The summed E-state index contributed by atoms with van der Waals surface area (Å²) in [6, 6.07) is 7.67. The first-order valence-electron chi connectivity index (χ1n) is 5.64. The minimum atomic E-state index is -0.425. The number of nitrogen functional groups attached to an aromatic ring is 1. The van der Waals surface area contributed by atoms with Gasteiger partial charge in [-0.1, -0.05) is 24.3 Å². The van der Waals surface area contributed by atoms with E-state index in [2.05, 4.69) is 20.3 Å². The Kier molecular flexibility index (Phi) is 4.09. The van der Waals surface area contributed by atoms with Gasteiger partial charge in [0.15, 0.2) is 0 Å². The van der Waals surface area contributed by atoms with Gasteiger partial charge in [0.2, 0.25) is 11.5 Å². The number of nitrogens with two attached hydrogens (primary N) is 1. The number of carbonyl (C=O) groups is 1. The number of nitrogens with zero attached hydrogens (tertiary/aromatic N) is 2. The van der Waals surface area contributed by atoms with Gasteiger partial charge in [0.05, 0.1) is 6.61 Å². The number of amides is 1. The third kappa shape index (κ3) is 3.08. The second-order valence-electron chi connectivity index (χ2n) is 3.88. The van der Waals surface area contributed by atoms with Gasteiger partial charge in [-0.05, 0) is 21.4 Å². The number of hydrogen-bond acceptors (Lipinski definition) is 6. The molecule has 1 amide bonds. The van der Waals surface area contributed by atoms with Crippen LogP contribution in [-0.2, 0) is 17.9 Å². The first-order valence-corrected chi connectivity index (χ1v) is 5.64. The maximum absolute atomic E-state index is 11.8. The van der Waals surface area contributed by atoms with Crippen molar-refractivity contribution in [2.45, 2.75) is 13.2 Å². The minimum Gasteiger partial charge on any atom is -0.380 e. The van der Waals surface area contributed by atoms with Gasteiger partial charge in [-0.2, -0.15) is 0 Å². The highest BCUT2D eigenvalue weighted by atomic mass is 16.6. The molecule has 0 radical (unpaired) electrons. The lowest BCUT2D eigenvalue weighted by atomic mass is 10.1. The molecule has 0 spiro atoms. The molecule has 100 valence electrons. The van der Waals surface area contributed by atoms with Gasteiger partial charge in [-0.3, -0.25) is 4.79 Å². The molecule has 0 aliphatic rings. The van der Waals surface area contributed by atoms with Gasteiger partial charge >= 0.3 is 0 Å². The number of methoxy groups -OCH3 is 1. The average molecular weight is 262 g/mol.